The van der Waals surface area contributed by atoms with Crippen LogP contribution >= 0.6 is 15.9 Å². The van der Waals surface area contributed by atoms with Gasteiger partial charge in [-0.05, 0) is 18.2 Å². The summed E-state index contributed by atoms with van der Waals surface area (Å²) < 4.78 is 31.7. The number of ether oxygens (including phenoxy) is 1. The van der Waals surface area contributed by atoms with Crippen molar-refractivity contribution in [2.45, 2.75) is 11.3 Å². The molecule has 0 atom stereocenters. The van der Waals surface area contributed by atoms with E-state index in [1.54, 1.807) is 18.2 Å². The SMILES string of the molecule is COCCN(CCC#N)S(=O)(=O)c1cccc(Br)c1. The number of benzene rings is 1. The van der Waals surface area contributed by atoms with Gasteiger partial charge in [0, 0.05) is 31.1 Å². The smallest absolute Gasteiger partial charge is 0.243 e. The zero-order valence-electron chi connectivity index (χ0n) is 10.5. The Morgan fingerprint density at radius 2 is 2.16 bits per heavy atom. The number of halogens is 1. The highest BCUT2D eigenvalue weighted by Gasteiger charge is 2.23. The van der Waals surface area contributed by atoms with Crippen LogP contribution in [0.1, 0.15) is 6.42 Å². The van der Waals surface area contributed by atoms with Gasteiger partial charge in [-0.1, -0.05) is 22.0 Å². The predicted octanol–water partition coefficient (Wildman–Crippen LogP) is 2.00. The highest BCUT2D eigenvalue weighted by Crippen LogP contribution is 2.20. The summed E-state index contributed by atoms with van der Waals surface area (Å²) >= 11 is 3.25. The van der Waals surface area contributed by atoms with Gasteiger partial charge in [0.2, 0.25) is 10.0 Å². The minimum Gasteiger partial charge on any atom is -0.383 e. The molecule has 0 bridgehead atoms. The minimum atomic E-state index is -3.60. The summed E-state index contributed by atoms with van der Waals surface area (Å²) in [6.07, 6.45) is 0.150. The summed E-state index contributed by atoms with van der Waals surface area (Å²) in [4.78, 5) is 0.205. The van der Waals surface area contributed by atoms with Crippen molar-refractivity contribution >= 4 is 26.0 Å². The average Bonchev–Trinajstić information content (AvgIpc) is 2.38. The van der Waals surface area contributed by atoms with Crippen molar-refractivity contribution in [2.24, 2.45) is 0 Å². The second kappa shape index (κ2) is 7.60. The highest BCUT2D eigenvalue weighted by atomic mass is 79.9. The molecule has 0 fully saturated rings. The molecule has 0 aliphatic carbocycles. The average molecular weight is 347 g/mol. The van der Waals surface area contributed by atoms with Gasteiger partial charge in [0.15, 0.2) is 0 Å². The van der Waals surface area contributed by atoms with Gasteiger partial charge in [0.05, 0.1) is 17.6 Å². The van der Waals surface area contributed by atoms with Crippen molar-refractivity contribution in [3.8, 4) is 6.07 Å². The number of rotatable bonds is 7. The van der Waals surface area contributed by atoms with Gasteiger partial charge < -0.3 is 4.74 Å². The van der Waals surface area contributed by atoms with Crippen LogP contribution in [0.3, 0.4) is 0 Å². The number of sulfonamides is 1. The number of nitrogens with zero attached hydrogens (tertiary/aromatic N) is 2. The van der Waals surface area contributed by atoms with E-state index >= 15 is 0 Å². The molecule has 0 aliphatic rings. The molecule has 0 saturated carbocycles. The van der Waals surface area contributed by atoms with E-state index in [2.05, 4.69) is 15.9 Å². The molecule has 0 saturated heterocycles. The number of hydrogen-bond acceptors (Lipinski definition) is 4. The standard InChI is InChI=1S/C12H15BrN2O3S/c1-18-9-8-15(7-3-6-14)19(16,17)12-5-2-4-11(13)10-12/h2,4-5,10H,3,7-9H2,1H3. The Hall–Kier alpha value is -0.940. The molecule has 0 radical (unpaired) electrons. The second-order valence-electron chi connectivity index (χ2n) is 3.76. The summed E-state index contributed by atoms with van der Waals surface area (Å²) in [6.45, 7) is 0.681. The quantitative estimate of drug-likeness (QED) is 0.756. The molecule has 1 rings (SSSR count). The van der Waals surface area contributed by atoms with Crippen molar-refractivity contribution in [3.05, 3.63) is 28.7 Å². The Balaban J connectivity index is 3.01. The summed E-state index contributed by atoms with van der Waals surface area (Å²) in [6, 6.07) is 8.45. The van der Waals surface area contributed by atoms with E-state index in [9.17, 15) is 8.42 Å². The van der Waals surface area contributed by atoms with Gasteiger partial charge in [-0.15, -0.1) is 0 Å². The van der Waals surface area contributed by atoms with E-state index in [-0.39, 0.29) is 24.4 Å². The molecule has 0 unspecified atom stereocenters. The molecule has 0 amide bonds. The van der Waals surface area contributed by atoms with Gasteiger partial charge in [-0.3, -0.25) is 0 Å². The molecule has 19 heavy (non-hydrogen) atoms. The summed E-state index contributed by atoms with van der Waals surface area (Å²) in [5.41, 5.74) is 0. The summed E-state index contributed by atoms with van der Waals surface area (Å²) in [7, 11) is -2.09. The monoisotopic (exact) mass is 346 g/mol. The molecule has 7 heteroatoms. The zero-order valence-corrected chi connectivity index (χ0v) is 12.9. The Morgan fingerprint density at radius 3 is 2.74 bits per heavy atom. The summed E-state index contributed by atoms with van der Waals surface area (Å²) in [5, 5.41) is 8.61. The first kappa shape index (κ1) is 16.1. The van der Waals surface area contributed by atoms with Crippen molar-refractivity contribution < 1.29 is 13.2 Å². The molecular formula is C12H15BrN2O3S. The van der Waals surface area contributed by atoms with E-state index < -0.39 is 10.0 Å². The van der Waals surface area contributed by atoms with Gasteiger partial charge in [0.1, 0.15) is 0 Å². The summed E-state index contributed by atoms with van der Waals surface area (Å²) in [5.74, 6) is 0. The van der Waals surface area contributed by atoms with Crippen LogP contribution in [-0.4, -0.2) is 39.5 Å². The van der Waals surface area contributed by atoms with E-state index in [1.165, 1.54) is 17.5 Å². The molecule has 104 valence electrons. The van der Waals surface area contributed by atoms with Crippen LogP contribution in [-0.2, 0) is 14.8 Å². The van der Waals surface area contributed by atoms with Crippen molar-refractivity contribution in [3.63, 3.8) is 0 Å². The number of nitriles is 1. The first-order valence-electron chi connectivity index (χ1n) is 5.64. The van der Waals surface area contributed by atoms with Crippen molar-refractivity contribution in [1.82, 2.24) is 4.31 Å². The maximum atomic E-state index is 12.4. The molecule has 0 N–H and O–H groups in total. The predicted molar refractivity (Wildman–Crippen MR) is 75.0 cm³/mol. The van der Waals surface area contributed by atoms with Gasteiger partial charge in [-0.25, -0.2) is 8.42 Å². The maximum Gasteiger partial charge on any atom is 0.243 e. The van der Waals surface area contributed by atoms with Crippen molar-refractivity contribution in [2.75, 3.05) is 26.8 Å². The molecule has 0 spiro atoms. The first-order valence-corrected chi connectivity index (χ1v) is 7.87. The normalized spacial score (nSPS) is 11.5. The molecule has 0 heterocycles. The Labute approximate surface area is 122 Å². The first-order chi connectivity index (χ1) is 9.02. The minimum absolute atomic E-state index is 0.150. The number of hydrogen-bond donors (Lipinski definition) is 0. The fourth-order valence-corrected chi connectivity index (χ4v) is 3.52. The highest BCUT2D eigenvalue weighted by molar-refractivity contribution is 9.10. The van der Waals surface area contributed by atoms with Gasteiger partial charge in [0.25, 0.3) is 0 Å². The van der Waals surface area contributed by atoms with E-state index in [0.717, 1.165) is 0 Å². The van der Waals surface area contributed by atoms with Gasteiger partial charge in [-0.2, -0.15) is 9.57 Å². The van der Waals surface area contributed by atoms with Gasteiger partial charge >= 0.3 is 0 Å². The zero-order chi connectivity index (χ0) is 14.3. The van der Waals surface area contributed by atoms with Crippen LogP contribution in [0.5, 0.6) is 0 Å². The van der Waals surface area contributed by atoms with Crippen LogP contribution in [0.25, 0.3) is 0 Å². The maximum absolute atomic E-state index is 12.4. The molecule has 0 aliphatic heterocycles. The third-order valence-corrected chi connectivity index (χ3v) is 4.84. The van der Waals surface area contributed by atoms with Crippen LogP contribution in [0, 0.1) is 11.3 Å². The van der Waals surface area contributed by atoms with E-state index in [1.807, 2.05) is 6.07 Å². The third-order valence-electron chi connectivity index (χ3n) is 2.45. The van der Waals surface area contributed by atoms with Crippen LogP contribution in [0.2, 0.25) is 0 Å². The van der Waals surface area contributed by atoms with Crippen LogP contribution in [0.4, 0.5) is 0 Å². The van der Waals surface area contributed by atoms with Crippen LogP contribution < -0.4 is 0 Å². The van der Waals surface area contributed by atoms with Crippen LogP contribution in [0.15, 0.2) is 33.6 Å². The lowest BCUT2D eigenvalue weighted by Gasteiger charge is -2.20. The lowest BCUT2D eigenvalue weighted by molar-refractivity contribution is 0.179. The van der Waals surface area contributed by atoms with Crippen molar-refractivity contribution in [1.29, 1.82) is 5.26 Å². The Kier molecular flexibility index (Phi) is 6.45. The lowest BCUT2D eigenvalue weighted by Crippen LogP contribution is -2.34. The third kappa shape index (κ3) is 4.58. The van der Waals surface area contributed by atoms with E-state index in [4.69, 9.17) is 10.00 Å². The fourth-order valence-electron chi connectivity index (χ4n) is 1.50. The molecule has 1 aromatic rings. The molecule has 1 aromatic carbocycles. The Bertz CT molecular complexity index is 554. The molecule has 5 nitrogen and oxygen atoms in total. The van der Waals surface area contributed by atoms with E-state index in [0.29, 0.717) is 11.1 Å². The largest absolute Gasteiger partial charge is 0.383 e. The topological polar surface area (TPSA) is 70.4 Å². The number of methoxy groups -OCH3 is 1. The molecule has 0 aromatic heterocycles. The fraction of sp³-hybridized carbons (Fsp3) is 0.417. The molecular weight excluding hydrogens is 332 g/mol. The Morgan fingerprint density at radius 1 is 1.42 bits per heavy atom. The second-order valence-corrected chi connectivity index (χ2v) is 6.62. The lowest BCUT2D eigenvalue weighted by atomic mass is 10.4.